The monoisotopic (exact) mass is 360 g/mol. The molecule has 0 aliphatic heterocycles. The van der Waals surface area contributed by atoms with Crippen molar-refractivity contribution in [3.8, 4) is 10.8 Å². The van der Waals surface area contributed by atoms with Gasteiger partial charge < -0.3 is 5.32 Å². The first-order chi connectivity index (χ1) is 8.15. The fourth-order valence-electron chi connectivity index (χ4n) is 1.45. The molecule has 4 nitrogen and oxygen atoms in total. The number of nitrogens with one attached hydrogen (secondary N) is 1. The van der Waals surface area contributed by atoms with Gasteiger partial charge in [0, 0.05) is 18.1 Å². The summed E-state index contributed by atoms with van der Waals surface area (Å²) < 4.78 is 1.09. The van der Waals surface area contributed by atoms with Crippen LogP contribution in [-0.2, 0) is 6.42 Å². The van der Waals surface area contributed by atoms with Crippen LogP contribution in [0.2, 0.25) is 0 Å². The molecule has 0 bridgehead atoms. The van der Waals surface area contributed by atoms with Crippen molar-refractivity contribution in [2.45, 2.75) is 20.3 Å². The molecule has 0 aromatic carbocycles. The fraction of sp³-hybridized carbons (Fsp3) is 0.364. The number of halogens is 1. The minimum Gasteiger partial charge on any atom is -0.372 e. The zero-order chi connectivity index (χ0) is 12.4. The molecule has 6 heteroatoms. The molecule has 0 fully saturated rings. The molecule has 0 aliphatic carbocycles. The second kappa shape index (κ2) is 5.26. The number of hydrogen-bond acceptors (Lipinski definition) is 5. The van der Waals surface area contributed by atoms with Gasteiger partial charge in [-0.05, 0) is 35.9 Å². The minimum atomic E-state index is 0.713. The number of nitrogens with zero attached hydrogens (tertiary/aromatic N) is 3. The van der Waals surface area contributed by atoms with E-state index in [-0.39, 0.29) is 0 Å². The van der Waals surface area contributed by atoms with Gasteiger partial charge in [-0.2, -0.15) is 0 Å². The van der Waals surface area contributed by atoms with Crippen molar-refractivity contribution in [1.29, 1.82) is 0 Å². The summed E-state index contributed by atoms with van der Waals surface area (Å²) >= 11 is 3.86. The molecule has 0 saturated heterocycles. The quantitative estimate of drug-likeness (QED) is 0.855. The predicted molar refractivity (Wildman–Crippen MR) is 79.5 cm³/mol. The SMILES string of the molecule is CCc1nc(-c2nc(C)cs2)nc(NC)c1I. The molecule has 0 saturated carbocycles. The van der Waals surface area contributed by atoms with Gasteiger partial charge in [0.05, 0.1) is 9.26 Å². The highest BCUT2D eigenvalue weighted by atomic mass is 127. The minimum absolute atomic E-state index is 0.713. The number of hydrogen-bond donors (Lipinski definition) is 1. The van der Waals surface area contributed by atoms with Crippen molar-refractivity contribution in [3.63, 3.8) is 0 Å². The molecular weight excluding hydrogens is 347 g/mol. The summed E-state index contributed by atoms with van der Waals surface area (Å²) in [6.45, 7) is 4.08. The molecule has 2 aromatic rings. The summed E-state index contributed by atoms with van der Waals surface area (Å²) in [5, 5.41) is 6.00. The van der Waals surface area contributed by atoms with E-state index in [1.54, 1.807) is 11.3 Å². The van der Waals surface area contributed by atoms with Crippen LogP contribution in [0.5, 0.6) is 0 Å². The molecule has 17 heavy (non-hydrogen) atoms. The van der Waals surface area contributed by atoms with Crippen LogP contribution < -0.4 is 5.32 Å². The molecule has 0 atom stereocenters. The fourth-order valence-corrected chi connectivity index (χ4v) is 3.07. The Balaban J connectivity index is 2.55. The van der Waals surface area contributed by atoms with E-state index in [4.69, 9.17) is 0 Å². The molecule has 0 spiro atoms. The normalized spacial score (nSPS) is 10.6. The number of anilines is 1. The van der Waals surface area contributed by atoms with Crippen molar-refractivity contribution in [2.75, 3.05) is 12.4 Å². The smallest absolute Gasteiger partial charge is 0.191 e. The number of aryl methyl sites for hydroxylation is 2. The number of rotatable bonds is 3. The predicted octanol–water partition coefficient (Wildman–Crippen LogP) is 3.12. The zero-order valence-electron chi connectivity index (χ0n) is 9.91. The van der Waals surface area contributed by atoms with Gasteiger partial charge in [0.2, 0.25) is 0 Å². The van der Waals surface area contributed by atoms with E-state index in [1.807, 2.05) is 19.4 Å². The van der Waals surface area contributed by atoms with Crippen LogP contribution in [0.1, 0.15) is 18.3 Å². The van der Waals surface area contributed by atoms with Crippen LogP contribution in [0.25, 0.3) is 10.8 Å². The van der Waals surface area contributed by atoms with Gasteiger partial charge >= 0.3 is 0 Å². The zero-order valence-corrected chi connectivity index (χ0v) is 12.9. The highest BCUT2D eigenvalue weighted by Gasteiger charge is 2.13. The van der Waals surface area contributed by atoms with Crippen molar-refractivity contribution in [3.05, 3.63) is 20.3 Å². The molecule has 2 heterocycles. The Labute approximate surface area is 118 Å². The van der Waals surface area contributed by atoms with Crippen LogP contribution in [-0.4, -0.2) is 22.0 Å². The summed E-state index contributed by atoms with van der Waals surface area (Å²) in [4.78, 5) is 13.5. The Morgan fingerprint density at radius 1 is 1.35 bits per heavy atom. The molecular formula is C11H13IN4S. The van der Waals surface area contributed by atoms with Crippen molar-refractivity contribution < 1.29 is 0 Å². The molecule has 1 N–H and O–H groups in total. The van der Waals surface area contributed by atoms with Crippen molar-refractivity contribution in [2.24, 2.45) is 0 Å². The summed E-state index contributed by atoms with van der Waals surface area (Å²) in [7, 11) is 1.88. The Hall–Kier alpha value is -0.760. The lowest BCUT2D eigenvalue weighted by Gasteiger charge is -2.08. The maximum Gasteiger partial charge on any atom is 0.191 e. The van der Waals surface area contributed by atoms with Gasteiger partial charge in [-0.3, -0.25) is 0 Å². The second-order valence-electron chi connectivity index (χ2n) is 3.55. The van der Waals surface area contributed by atoms with Gasteiger partial charge in [0.25, 0.3) is 0 Å². The maximum atomic E-state index is 4.57. The Bertz CT molecular complexity index is 513. The molecule has 0 amide bonds. The third kappa shape index (κ3) is 2.57. The van der Waals surface area contributed by atoms with E-state index in [9.17, 15) is 0 Å². The maximum absolute atomic E-state index is 4.57. The average Bonchev–Trinajstić information content (AvgIpc) is 2.76. The summed E-state index contributed by atoms with van der Waals surface area (Å²) in [6, 6.07) is 0. The average molecular weight is 360 g/mol. The first kappa shape index (κ1) is 12.7. The van der Waals surface area contributed by atoms with Gasteiger partial charge in [-0.15, -0.1) is 11.3 Å². The Kier molecular flexibility index (Phi) is 3.93. The Morgan fingerprint density at radius 3 is 2.65 bits per heavy atom. The lowest BCUT2D eigenvalue weighted by molar-refractivity contribution is 0.986. The van der Waals surface area contributed by atoms with Crippen LogP contribution in [0.3, 0.4) is 0 Å². The standard InChI is InChI=1S/C11H13IN4S/c1-4-7-8(12)9(13-3)16-10(15-7)11-14-6(2)5-17-11/h5H,4H2,1-3H3,(H,13,15,16). The number of thiazole rings is 1. The van der Waals surface area contributed by atoms with Crippen LogP contribution >= 0.6 is 33.9 Å². The summed E-state index contributed by atoms with van der Waals surface area (Å²) in [5.74, 6) is 1.59. The van der Waals surface area contributed by atoms with Crippen LogP contribution in [0.15, 0.2) is 5.38 Å². The molecule has 2 rings (SSSR count). The van der Waals surface area contributed by atoms with Gasteiger partial charge in [-0.25, -0.2) is 15.0 Å². The lowest BCUT2D eigenvalue weighted by Crippen LogP contribution is -2.04. The molecule has 90 valence electrons. The van der Waals surface area contributed by atoms with Crippen molar-refractivity contribution >= 4 is 39.7 Å². The third-order valence-electron chi connectivity index (χ3n) is 2.30. The summed E-state index contributed by atoms with van der Waals surface area (Å²) in [6.07, 6.45) is 0.896. The topological polar surface area (TPSA) is 50.7 Å². The van der Waals surface area contributed by atoms with Crippen LogP contribution in [0.4, 0.5) is 5.82 Å². The third-order valence-corrected chi connectivity index (χ3v) is 4.39. The molecule has 0 aliphatic rings. The van der Waals surface area contributed by atoms with Gasteiger partial charge in [0.1, 0.15) is 5.82 Å². The lowest BCUT2D eigenvalue weighted by atomic mass is 10.3. The van der Waals surface area contributed by atoms with E-state index in [0.717, 1.165) is 32.2 Å². The van der Waals surface area contributed by atoms with E-state index in [1.165, 1.54) is 0 Å². The van der Waals surface area contributed by atoms with Crippen LogP contribution in [0, 0.1) is 10.5 Å². The van der Waals surface area contributed by atoms with Crippen molar-refractivity contribution in [1.82, 2.24) is 15.0 Å². The molecule has 0 unspecified atom stereocenters. The first-order valence-corrected chi connectivity index (χ1v) is 7.28. The summed E-state index contributed by atoms with van der Waals surface area (Å²) in [5.41, 5.74) is 2.07. The second-order valence-corrected chi connectivity index (χ2v) is 5.49. The molecule has 0 radical (unpaired) electrons. The highest BCUT2D eigenvalue weighted by molar-refractivity contribution is 14.1. The largest absolute Gasteiger partial charge is 0.372 e. The molecule has 2 aromatic heterocycles. The van der Waals surface area contributed by atoms with Gasteiger partial charge in [0.15, 0.2) is 10.8 Å². The first-order valence-electron chi connectivity index (χ1n) is 5.32. The Morgan fingerprint density at radius 2 is 2.12 bits per heavy atom. The number of aromatic nitrogens is 3. The van der Waals surface area contributed by atoms with E-state index in [2.05, 4.69) is 49.8 Å². The van der Waals surface area contributed by atoms with E-state index in [0.29, 0.717) is 5.82 Å². The highest BCUT2D eigenvalue weighted by Crippen LogP contribution is 2.26. The van der Waals surface area contributed by atoms with Gasteiger partial charge in [-0.1, -0.05) is 6.92 Å². The van der Waals surface area contributed by atoms with E-state index >= 15 is 0 Å². The van der Waals surface area contributed by atoms with E-state index < -0.39 is 0 Å².